The summed E-state index contributed by atoms with van der Waals surface area (Å²) in [6.07, 6.45) is 7.69. The van der Waals surface area contributed by atoms with Gasteiger partial charge in [0.2, 0.25) is 10.0 Å². The lowest BCUT2D eigenvalue weighted by molar-refractivity contribution is 0.539. The van der Waals surface area contributed by atoms with E-state index >= 15 is 0 Å². The first kappa shape index (κ1) is 20.3. The Bertz CT molecular complexity index is 1130. The molecule has 3 aromatic rings. The smallest absolute Gasteiger partial charge is 0.242 e. The molecule has 0 unspecified atom stereocenters. The number of fused-ring (bicyclic) bond motifs is 1. The highest BCUT2D eigenvalue weighted by Crippen LogP contribution is 2.31. The van der Waals surface area contributed by atoms with Crippen molar-refractivity contribution in [2.24, 2.45) is 0 Å². The molecular weight excluding hydrogens is 431 g/mol. The van der Waals surface area contributed by atoms with Crippen molar-refractivity contribution in [2.45, 2.75) is 37.1 Å². The Morgan fingerprint density at radius 3 is 2.62 bits per heavy atom. The predicted octanol–water partition coefficient (Wildman–Crippen LogP) is 4.11. The molecule has 0 fully saturated rings. The number of nitrogens with one attached hydrogen (secondary N) is 1. The molecule has 0 bridgehead atoms. The van der Waals surface area contributed by atoms with E-state index in [1.54, 1.807) is 18.5 Å². The third kappa shape index (κ3) is 4.33. The summed E-state index contributed by atoms with van der Waals surface area (Å²) < 4.78 is 29.8. The van der Waals surface area contributed by atoms with E-state index in [0.29, 0.717) is 11.6 Å². The van der Waals surface area contributed by atoms with Crippen LogP contribution in [0, 0.1) is 0 Å². The largest absolute Gasteiger partial charge is 0.267 e. The van der Waals surface area contributed by atoms with Gasteiger partial charge in [0.15, 0.2) is 0 Å². The van der Waals surface area contributed by atoms with E-state index < -0.39 is 10.0 Å². The van der Waals surface area contributed by atoms with Crippen LogP contribution in [0.2, 0.25) is 10.0 Å². The molecule has 1 aliphatic carbocycles. The fourth-order valence-corrected chi connectivity index (χ4v) is 5.43. The van der Waals surface area contributed by atoms with E-state index in [1.165, 1.54) is 23.4 Å². The molecule has 0 atom stereocenters. The number of rotatable bonds is 6. The zero-order chi connectivity index (χ0) is 20.4. The van der Waals surface area contributed by atoms with Crippen LogP contribution in [-0.2, 0) is 29.4 Å². The highest BCUT2D eigenvalue weighted by molar-refractivity contribution is 7.89. The normalized spacial score (nSPS) is 14.0. The van der Waals surface area contributed by atoms with Gasteiger partial charge in [-0.15, -0.1) is 0 Å². The minimum atomic E-state index is -3.77. The molecule has 1 aromatic carbocycles. The number of hydrogen-bond acceptors (Lipinski definition) is 4. The van der Waals surface area contributed by atoms with Gasteiger partial charge in [0, 0.05) is 40.8 Å². The van der Waals surface area contributed by atoms with Crippen molar-refractivity contribution in [1.82, 2.24) is 19.5 Å². The fourth-order valence-electron chi connectivity index (χ4n) is 3.64. The minimum absolute atomic E-state index is 0.0216. The summed E-state index contributed by atoms with van der Waals surface area (Å²) in [6.45, 7) is 0.639. The summed E-state index contributed by atoms with van der Waals surface area (Å²) >= 11 is 12.0. The maximum Gasteiger partial charge on any atom is 0.242 e. The number of hydrogen-bond donors (Lipinski definition) is 1. The van der Waals surface area contributed by atoms with Crippen LogP contribution in [0.15, 0.2) is 47.6 Å². The number of pyridine rings is 1. The number of aromatic nitrogens is 3. The first-order chi connectivity index (χ1) is 14.0. The third-order valence-electron chi connectivity index (χ3n) is 5.01. The summed E-state index contributed by atoms with van der Waals surface area (Å²) in [5, 5.41) is 5.25. The van der Waals surface area contributed by atoms with Crippen LogP contribution in [0.3, 0.4) is 0 Å². The van der Waals surface area contributed by atoms with E-state index in [9.17, 15) is 8.42 Å². The monoisotopic (exact) mass is 450 g/mol. The lowest BCUT2D eigenvalue weighted by atomic mass is 9.94. The first-order valence-electron chi connectivity index (χ1n) is 9.39. The molecule has 1 N–H and O–H groups in total. The fraction of sp³-hybridized carbons (Fsp3) is 0.300. The van der Waals surface area contributed by atoms with Crippen molar-refractivity contribution < 1.29 is 8.42 Å². The standard InChI is InChI=1S/C20H20Cl2N4O2S/c21-15-5-6-17(22)19(13-15)29(27,28)24-11-12-26-18-4-2-1-3-16(18)20(25-26)14-7-9-23-10-8-14/h5-10,13,24H,1-4,11-12H2. The second-order valence-electron chi connectivity index (χ2n) is 6.91. The molecule has 0 amide bonds. The van der Waals surface area contributed by atoms with Gasteiger partial charge in [0.1, 0.15) is 4.90 Å². The number of halogens is 2. The molecule has 9 heteroatoms. The van der Waals surface area contributed by atoms with Gasteiger partial charge in [0.25, 0.3) is 0 Å². The van der Waals surface area contributed by atoms with Gasteiger partial charge in [-0.2, -0.15) is 5.10 Å². The quantitative estimate of drug-likeness (QED) is 0.612. The SMILES string of the molecule is O=S(=O)(NCCn1nc(-c2ccncc2)c2c1CCCC2)c1cc(Cl)ccc1Cl. The molecular formula is C20H20Cl2N4O2S. The summed E-state index contributed by atoms with van der Waals surface area (Å²) in [4.78, 5) is 4.06. The van der Waals surface area contributed by atoms with Crippen molar-refractivity contribution in [1.29, 1.82) is 0 Å². The molecule has 0 aliphatic heterocycles. The maximum absolute atomic E-state index is 12.6. The molecule has 29 heavy (non-hydrogen) atoms. The molecule has 152 valence electrons. The van der Waals surface area contributed by atoms with Crippen molar-refractivity contribution in [2.75, 3.05) is 6.54 Å². The summed E-state index contributed by atoms with van der Waals surface area (Å²) in [5.74, 6) is 0. The van der Waals surface area contributed by atoms with Crippen molar-refractivity contribution in [3.63, 3.8) is 0 Å². The van der Waals surface area contributed by atoms with Crippen LogP contribution in [0.25, 0.3) is 11.3 Å². The second kappa shape index (κ2) is 8.44. The Labute approximate surface area is 179 Å². The second-order valence-corrected chi connectivity index (χ2v) is 9.49. The Kier molecular flexibility index (Phi) is 5.92. The average molecular weight is 451 g/mol. The predicted molar refractivity (Wildman–Crippen MR) is 114 cm³/mol. The Morgan fingerprint density at radius 1 is 1.07 bits per heavy atom. The van der Waals surface area contributed by atoms with Crippen molar-refractivity contribution >= 4 is 33.2 Å². The van der Waals surface area contributed by atoms with Crippen LogP contribution in [0.5, 0.6) is 0 Å². The molecule has 2 heterocycles. The van der Waals surface area contributed by atoms with E-state index in [0.717, 1.165) is 36.9 Å². The van der Waals surface area contributed by atoms with Gasteiger partial charge in [0.05, 0.1) is 17.3 Å². The highest BCUT2D eigenvalue weighted by atomic mass is 35.5. The van der Waals surface area contributed by atoms with Gasteiger partial charge in [-0.05, 0) is 56.0 Å². The lowest BCUT2D eigenvalue weighted by Crippen LogP contribution is -2.28. The molecule has 0 saturated carbocycles. The minimum Gasteiger partial charge on any atom is -0.267 e. The first-order valence-corrected chi connectivity index (χ1v) is 11.6. The third-order valence-corrected chi connectivity index (χ3v) is 7.19. The number of sulfonamides is 1. The van der Waals surface area contributed by atoms with Crippen LogP contribution >= 0.6 is 23.2 Å². The molecule has 2 aromatic heterocycles. The Hall–Kier alpha value is -1.93. The van der Waals surface area contributed by atoms with Gasteiger partial charge < -0.3 is 0 Å². The Balaban J connectivity index is 1.55. The maximum atomic E-state index is 12.6. The van der Waals surface area contributed by atoms with Gasteiger partial charge in [-0.3, -0.25) is 9.67 Å². The van der Waals surface area contributed by atoms with Gasteiger partial charge >= 0.3 is 0 Å². The molecule has 0 spiro atoms. The Morgan fingerprint density at radius 2 is 1.83 bits per heavy atom. The van der Waals surface area contributed by atoms with Crippen LogP contribution in [-0.4, -0.2) is 29.7 Å². The molecule has 4 rings (SSSR count). The van der Waals surface area contributed by atoms with Gasteiger partial charge in [-0.25, -0.2) is 13.1 Å². The topological polar surface area (TPSA) is 76.9 Å². The lowest BCUT2D eigenvalue weighted by Gasteiger charge is -2.15. The molecule has 0 saturated heterocycles. The van der Waals surface area contributed by atoms with Crippen LogP contribution < -0.4 is 4.72 Å². The van der Waals surface area contributed by atoms with E-state index in [4.69, 9.17) is 28.3 Å². The number of benzene rings is 1. The molecule has 0 radical (unpaired) electrons. The van der Waals surface area contributed by atoms with E-state index in [1.807, 2.05) is 16.8 Å². The van der Waals surface area contributed by atoms with E-state index in [-0.39, 0.29) is 16.5 Å². The summed E-state index contributed by atoms with van der Waals surface area (Å²) in [6, 6.07) is 8.28. The zero-order valence-electron chi connectivity index (χ0n) is 15.6. The van der Waals surface area contributed by atoms with Crippen molar-refractivity contribution in [3.8, 4) is 11.3 Å². The zero-order valence-corrected chi connectivity index (χ0v) is 17.9. The number of nitrogens with zero attached hydrogens (tertiary/aromatic N) is 3. The molecule has 1 aliphatic rings. The van der Waals surface area contributed by atoms with Gasteiger partial charge in [-0.1, -0.05) is 23.2 Å². The summed E-state index contributed by atoms with van der Waals surface area (Å²) in [5.41, 5.74) is 4.43. The van der Waals surface area contributed by atoms with Crippen molar-refractivity contribution in [3.05, 3.63) is 64.0 Å². The van der Waals surface area contributed by atoms with Crippen LogP contribution in [0.1, 0.15) is 24.1 Å². The average Bonchev–Trinajstić information content (AvgIpc) is 3.09. The highest BCUT2D eigenvalue weighted by Gasteiger charge is 2.23. The molecule has 6 nitrogen and oxygen atoms in total. The summed E-state index contributed by atoms with van der Waals surface area (Å²) in [7, 11) is -3.77. The van der Waals surface area contributed by atoms with E-state index in [2.05, 4.69) is 9.71 Å². The van der Waals surface area contributed by atoms with Crippen LogP contribution in [0.4, 0.5) is 0 Å².